The van der Waals surface area contributed by atoms with Gasteiger partial charge in [-0.1, -0.05) is 56.5 Å². The van der Waals surface area contributed by atoms with Gasteiger partial charge in [0.2, 0.25) is 5.91 Å². The molecule has 0 saturated heterocycles. The van der Waals surface area contributed by atoms with Crippen LogP contribution in [0.15, 0.2) is 48.2 Å². The average Bonchev–Trinajstić information content (AvgIpc) is 2.76. The van der Waals surface area contributed by atoms with Crippen molar-refractivity contribution < 1.29 is 18.7 Å². The molecule has 1 saturated carbocycles. The summed E-state index contributed by atoms with van der Waals surface area (Å²) >= 11 is 6.12. The number of anilines is 1. The lowest BCUT2D eigenvalue weighted by molar-refractivity contribution is -0.124. The number of ether oxygens (including phenoxy) is 1. The summed E-state index contributed by atoms with van der Waals surface area (Å²) in [4.78, 5) is 27.5. The molecule has 1 aliphatic heterocycles. The first kappa shape index (κ1) is 22.3. The Balaban J connectivity index is 1.60. The summed E-state index contributed by atoms with van der Waals surface area (Å²) in [6, 6.07) is 11.3. The molecule has 0 aromatic heterocycles. The first-order valence-electron chi connectivity index (χ1n) is 10.9. The van der Waals surface area contributed by atoms with Gasteiger partial charge >= 0.3 is 0 Å². The molecule has 1 aliphatic carbocycles. The minimum absolute atomic E-state index is 0.0614. The topological polar surface area (TPSA) is 58.6 Å². The molecule has 2 aromatic carbocycles. The molecule has 0 spiro atoms. The Morgan fingerprint density at radius 2 is 2.00 bits per heavy atom. The molecule has 2 amide bonds. The number of benzene rings is 2. The van der Waals surface area contributed by atoms with Gasteiger partial charge in [-0.2, -0.15) is 0 Å². The van der Waals surface area contributed by atoms with E-state index in [-0.39, 0.29) is 34.8 Å². The summed E-state index contributed by atoms with van der Waals surface area (Å²) in [5.41, 5.74) is 0.556. The maximum atomic E-state index is 14.3. The lowest BCUT2D eigenvalue weighted by atomic mass is 9.78. The van der Waals surface area contributed by atoms with E-state index in [2.05, 4.69) is 19.2 Å². The number of hydrogen-bond donors (Lipinski definition) is 1. The minimum atomic E-state index is -0.565. The smallest absolute Gasteiger partial charge is 0.294 e. The molecule has 0 bridgehead atoms. The number of carbonyl (C=O) groups is 2. The van der Waals surface area contributed by atoms with Crippen LogP contribution in [0.2, 0.25) is 5.02 Å². The SMILES string of the molecule is CC1CCCC(NC(=O)CN2C(=O)C(=Cc3c(F)cccc3Cl)Oc3ccccc32)C1C. The van der Waals surface area contributed by atoms with Crippen LogP contribution in [0, 0.1) is 17.7 Å². The summed E-state index contributed by atoms with van der Waals surface area (Å²) in [6.07, 6.45) is 4.45. The predicted octanol–water partition coefficient (Wildman–Crippen LogP) is 5.19. The van der Waals surface area contributed by atoms with Gasteiger partial charge in [-0.05, 0) is 48.6 Å². The molecule has 1 N–H and O–H groups in total. The van der Waals surface area contributed by atoms with Gasteiger partial charge in [0.1, 0.15) is 12.4 Å². The van der Waals surface area contributed by atoms with Crippen molar-refractivity contribution in [3.63, 3.8) is 0 Å². The fourth-order valence-electron chi connectivity index (χ4n) is 4.38. The normalized spacial score (nSPS) is 24.1. The van der Waals surface area contributed by atoms with E-state index in [9.17, 15) is 14.0 Å². The van der Waals surface area contributed by atoms with Gasteiger partial charge in [0.15, 0.2) is 11.5 Å². The summed E-state index contributed by atoms with van der Waals surface area (Å²) < 4.78 is 20.1. The number of nitrogens with zero attached hydrogens (tertiary/aromatic N) is 1. The zero-order chi connectivity index (χ0) is 22.8. The van der Waals surface area contributed by atoms with Crippen molar-refractivity contribution >= 4 is 35.2 Å². The van der Waals surface area contributed by atoms with Crippen molar-refractivity contribution in [2.24, 2.45) is 11.8 Å². The molecule has 4 rings (SSSR count). The van der Waals surface area contributed by atoms with Crippen LogP contribution in [-0.4, -0.2) is 24.4 Å². The fraction of sp³-hybridized carbons (Fsp3) is 0.360. The second-order valence-corrected chi connectivity index (χ2v) is 8.95. The van der Waals surface area contributed by atoms with E-state index in [1.54, 1.807) is 24.3 Å². The first-order chi connectivity index (χ1) is 15.3. The van der Waals surface area contributed by atoms with Crippen molar-refractivity contribution in [3.05, 3.63) is 64.6 Å². The van der Waals surface area contributed by atoms with E-state index >= 15 is 0 Å². The molecule has 7 heteroatoms. The van der Waals surface area contributed by atoms with Crippen molar-refractivity contribution in [2.45, 2.75) is 39.2 Å². The van der Waals surface area contributed by atoms with E-state index in [1.807, 2.05) is 0 Å². The second kappa shape index (κ2) is 9.33. The highest BCUT2D eigenvalue weighted by molar-refractivity contribution is 6.32. The highest BCUT2D eigenvalue weighted by Crippen LogP contribution is 2.36. The standard InChI is InChI=1S/C25H26ClFN2O3/c1-15-7-5-10-20(16(15)2)28-24(30)14-29-21-11-3-4-12-22(21)32-23(25(29)31)13-17-18(26)8-6-9-19(17)27/h3-4,6,8-9,11-13,15-16,20H,5,7,10,14H2,1-2H3,(H,28,30). The summed E-state index contributed by atoms with van der Waals surface area (Å²) in [7, 11) is 0. The minimum Gasteiger partial charge on any atom is -0.449 e. The van der Waals surface area contributed by atoms with Crippen LogP contribution in [0.25, 0.3) is 6.08 Å². The van der Waals surface area contributed by atoms with Crippen molar-refractivity contribution in [1.29, 1.82) is 0 Å². The van der Waals surface area contributed by atoms with Gasteiger partial charge in [-0.15, -0.1) is 0 Å². The zero-order valence-electron chi connectivity index (χ0n) is 18.1. The third-order valence-corrected chi connectivity index (χ3v) is 6.79. The Bertz CT molecular complexity index is 1050. The van der Waals surface area contributed by atoms with Crippen molar-refractivity contribution in [3.8, 4) is 5.75 Å². The largest absolute Gasteiger partial charge is 0.449 e. The number of fused-ring (bicyclic) bond motifs is 1. The Labute approximate surface area is 192 Å². The van der Waals surface area contributed by atoms with E-state index in [0.29, 0.717) is 23.3 Å². The molecule has 5 nitrogen and oxygen atoms in total. The van der Waals surface area contributed by atoms with Gasteiger partial charge in [0.05, 0.1) is 10.7 Å². The number of para-hydroxylation sites is 2. The Kier molecular flexibility index (Phi) is 6.51. The van der Waals surface area contributed by atoms with Gasteiger partial charge in [-0.3, -0.25) is 14.5 Å². The molecule has 2 aromatic rings. The maximum absolute atomic E-state index is 14.3. The highest BCUT2D eigenvalue weighted by Gasteiger charge is 2.34. The van der Waals surface area contributed by atoms with Crippen molar-refractivity contribution in [2.75, 3.05) is 11.4 Å². The number of halogens is 2. The number of amides is 2. The summed E-state index contributed by atoms with van der Waals surface area (Å²) in [5.74, 6) is -0.0854. The molecular formula is C25H26ClFN2O3. The number of carbonyl (C=O) groups excluding carboxylic acids is 2. The third-order valence-electron chi connectivity index (χ3n) is 6.46. The van der Waals surface area contributed by atoms with Gasteiger partial charge in [-0.25, -0.2) is 4.39 Å². The molecule has 1 heterocycles. The lowest BCUT2D eigenvalue weighted by Crippen LogP contribution is -2.49. The molecule has 3 unspecified atom stereocenters. The lowest BCUT2D eigenvalue weighted by Gasteiger charge is -2.35. The van der Waals surface area contributed by atoms with Crippen molar-refractivity contribution in [1.82, 2.24) is 5.32 Å². The third kappa shape index (κ3) is 4.51. The van der Waals surface area contributed by atoms with Crippen LogP contribution in [0.3, 0.4) is 0 Å². The number of rotatable bonds is 4. The summed E-state index contributed by atoms with van der Waals surface area (Å²) in [6.45, 7) is 4.21. The fourth-order valence-corrected chi connectivity index (χ4v) is 4.60. The molecule has 2 aliphatic rings. The Morgan fingerprint density at radius 1 is 1.22 bits per heavy atom. The predicted molar refractivity (Wildman–Crippen MR) is 123 cm³/mol. The molecule has 168 valence electrons. The van der Waals surface area contributed by atoms with Crippen LogP contribution in [0.4, 0.5) is 10.1 Å². The number of hydrogen-bond acceptors (Lipinski definition) is 3. The Morgan fingerprint density at radius 3 is 2.78 bits per heavy atom. The van der Waals surface area contributed by atoms with E-state index in [0.717, 1.165) is 19.3 Å². The summed E-state index contributed by atoms with van der Waals surface area (Å²) in [5, 5.41) is 3.27. The van der Waals surface area contributed by atoms with Crippen LogP contribution in [0.5, 0.6) is 5.75 Å². The quantitative estimate of drug-likeness (QED) is 0.644. The van der Waals surface area contributed by atoms with E-state index in [1.165, 1.54) is 29.2 Å². The van der Waals surface area contributed by atoms with Crippen LogP contribution < -0.4 is 15.0 Å². The van der Waals surface area contributed by atoms with Gasteiger partial charge < -0.3 is 10.1 Å². The molecule has 32 heavy (non-hydrogen) atoms. The molecular weight excluding hydrogens is 431 g/mol. The molecule has 3 atom stereocenters. The Hall–Kier alpha value is -2.86. The first-order valence-corrected chi connectivity index (χ1v) is 11.3. The van der Waals surface area contributed by atoms with Crippen LogP contribution in [0.1, 0.15) is 38.7 Å². The zero-order valence-corrected chi connectivity index (χ0v) is 18.9. The van der Waals surface area contributed by atoms with Gasteiger partial charge in [0.25, 0.3) is 5.91 Å². The molecule has 1 fully saturated rings. The number of nitrogens with one attached hydrogen (secondary N) is 1. The average molecular weight is 457 g/mol. The van der Waals surface area contributed by atoms with Crippen LogP contribution >= 0.6 is 11.6 Å². The van der Waals surface area contributed by atoms with Crippen LogP contribution in [-0.2, 0) is 9.59 Å². The highest BCUT2D eigenvalue weighted by atomic mass is 35.5. The maximum Gasteiger partial charge on any atom is 0.294 e. The van der Waals surface area contributed by atoms with Gasteiger partial charge in [0, 0.05) is 11.6 Å². The molecule has 0 radical (unpaired) electrons. The van der Waals surface area contributed by atoms with E-state index in [4.69, 9.17) is 16.3 Å². The monoisotopic (exact) mass is 456 g/mol. The van der Waals surface area contributed by atoms with E-state index < -0.39 is 11.7 Å². The second-order valence-electron chi connectivity index (χ2n) is 8.55.